The topological polar surface area (TPSA) is 128 Å². The van der Waals surface area contributed by atoms with E-state index < -0.39 is 23.8 Å². The van der Waals surface area contributed by atoms with Crippen molar-refractivity contribution in [2.24, 2.45) is 11.5 Å². The minimum Gasteiger partial charge on any atom is -0.367 e. The summed E-state index contributed by atoms with van der Waals surface area (Å²) in [4.78, 5) is 38.3. The first kappa shape index (κ1) is 15.6. The lowest BCUT2D eigenvalue weighted by atomic mass is 10.2. The van der Waals surface area contributed by atoms with E-state index in [0.717, 1.165) is 11.1 Å². The van der Waals surface area contributed by atoms with Crippen molar-refractivity contribution in [3.05, 3.63) is 40.9 Å². The molecular formula is C14H14N4O3S. The molecule has 0 spiro atoms. The monoisotopic (exact) mass is 318 g/mol. The Hall–Kier alpha value is -2.74. The second-order valence-corrected chi connectivity index (χ2v) is 5.47. The minimum absolute atomic E-state index is 0.0908. The normalized spacial score (nSPS) is 10.5. The van der Waals surface area contributed by atoms with Gasteiger partial charge in [0.1, 0.15) is 10.7 Å². The maximum absolute atomic E-state index is 12.0. The van der Waals surface area contributed by atoms with Crippen molar-refractivity contribution in [1.82, 2.24) is 10.3 Å². The number of carbonyl (C=O) groups excluding carboxylic acids is 3. The second-order valence-electron chi connectivity index (χ2n) is 4.62. The Morgan fingerprint density at radius 3 is 2.27 bits per heavy atom. The molecule has 22 heavy (non-hydrogen) atoms. The third-order valence-electron chi connectivity index (χ3n) is 2.88. The van der Waals surface area contributed by atoms with Crippen LogP contribution in [0.25, 0.3) is 10.6 Å². The van der Waals surface area contributed by atoms with Crippen LogP contribution in [-0.2, 0) is 9.59 Å². The third-order valence-corrected chi connectivity index (χ3v) is 3.77. The number of aromatic nitrogens is 1. The molecule has 0 radical (unpaired) electrons. The van der Waals surface area contributed by atoms with Crippen molar-refractivity contribution in [1.29, 1.82) is 0 Å². The SMILES string of the molecule is Cc1ccc(-c2nc(C(=O)NC(C(N)=O)C(N)=O)cs2)cc1. The van der Waals surface area contributed by atoms with Gasteiger partial charge in [0.2, 0.25) is 11.8 Å². The Kier molecular flexibility index (Phi) is 4.52. The first-order valence-electron chi connectivity index (χ1n) is 6.30. The molecule has 0 fully saturated rings. The fourth-order valence-electron chi connectivity index (χ4n) is 1.69. The smallest absolute Gasteiger partial charge is 0.271 e. The van der Waals surface area contributed by atoms with Crippen LogP contribution in [0.1, 0.15) is 16.1 Å². The van der Waals surface area contributed by atoms with Crippen molar-refractivity contribution < 1.29 is 14.4 Å². The zero-order valence-electron chi connectivity index (χ0n) is 11.7. The van der Waals surface area contributed by atoms with Gasteiger partial charge in [-0.05, 0) is 6.92 Å². The number of benzene rings is 1. The van der Waals surface area contributed by atoms with E-state index in [0.29, 0.717) is 5.01 Å². The maximum atomic E-state index is 12.0. The third kappa shape index (κ3) is 3.47. The Labute approximate surface area is 130 Å². The number of primary amides is 2. The molecule has 0 atom stereocenters. The van der Waals surface area contributed by atoms with Gasteiger partial charge >= 0.3 is 0 Å². The lowest BCUT2D eigenvalue weighted by Gasteiger charge is -2.10. The molecule has 8 heteroatoms. The number of carbonyl (C=O) groups is 3. The molecule has 0 saturated heterocycles. The Balaban J connectivity index is 2.17. The second kappa shape index (κ2) is 6.35. The van der Waals surface area contributed by atoms with Crippen LogP contribution in [0.2, 0.25) is 0 Å². The summed E-state index contributed by atoms with van der Waals surface area (Å²) >= 11 is 1.28. The fourth-order valence-corrected chi connectivity index (χ4v) is 2.50. The molecule has 2 aromatic rings. The number of hydrogen-bond donors (Lipinski definition) is 3. The number of hydrogen-bond acceptors (Lipinski definition) is 5. The highest BCUT2D eigenvalue weighted by Crippen LogP contribution is 2.23. The van der Waals surface area contributed by atoms with E-state index in [1.807, 2.05) is 31.2 Å². The molecule has 114 valence electrons. The molecule has 0 aliphatic rings. The molecule has 0 aliphatic heterocycles. The summed E-state index contributed by atoms with van der Waals surface area (Å²) in [6.45, 7) is 1.97. The van der Waals surface area contributed by atoms with Crippen LogP contribution < -0.4 is 16.8 Å². The van der Waals surface area contributed by atoms with Crippen LogP contribution >= 0.6 is 11.3 Å². The standard InChI is InChI=1S/C14H14N4O3S/c1-7-2-4-8(5-3-7)14-17-9(6-22-14)13(21)18-10(11(15)19)12(16)20/h2-6,10H,1H3,(H2,15,19)(H2,16,20)(H,18,21). The number of nitrogens with two attached hydrogens (primary N) is 2. The van der Waals surface area contributed by atoms with Crippen LogP contribution in [0.3, 0.4) is 0 Å². The van der Waals surface area contributed by atoms with Gasteiger partial charge in [0, 0.05) is 10.9 Å². The summed E-state index contributed by atoms with van der Waals surface area (Å²) in [7, 11) is 0. The van der Waals surface area contributed by atoms with Gasteiger partial charge in [0.15, 0.2) is 6.04 Å². The molecule has 2 rings (SSSR count). The Morgan fingerprint density at radius 1 is 1.14 bits per heavy atom. The first-order chi connectivity index (χ1) is 10.4. The lowest BCUT2D eigenvalue weighted by molar-refractivity contribution is -0.128. The van der Waals surface area contributed by atoms with Crippen molar-refractivity contribution >= 4 is 29.1 Å². The van der Waals surface area contributed by atoms with E-state index in [1.54, 1.807) is 0 Å². The van der Waals surface area contributed by atoms with Gasteiger partial charge in [-0.25, -0.2) is 4.98 Å². The number of aryl methyl sites for hydroxylation is 1. The quantitative estimate of drug-likeness (QED) is 0.680. The maximum Gasteiger partial charge on any atom is 0.271 e. The van der Waals surface area contributed by atoms with Gasteiger partial charge in [0.25, 0.3) is 5.91 Å². The number of rotatable bonds is 5. The average molecular weight is 318 g/mol. The molecule has 0 unspecified atom stereocenters. The molecule has 1 aromatic heterocycles. The van der Waals surface area contributed by atoms with E-state index in [2.05, 4.69) is 10.3 Å². The molecule has 1 heterocycles. The van der Waals surface area contributed by atoms with Gasteiger partial charge in [-0.15, -0.1) is 11.3 Å². The first-order valence-corrected chi connectivity index (χ1v) is 7.18. The molecule has 0 aliphatic carbocycles. The van der Waals surface area contributed by atoms with Gasteiger partial charge in [-0.3, -0.25) is 14.4 Å². The fraction of sp³-hybridized carbons (Fsp3) is 0.143. The van der Waals surface area contributed by atoms with Crippen LogP contribution in [0.4, 0.5) is 0 Å². The molecular weight excluding hydrogens is 304 g/mol. The molecule has 5 N–H and O–H groups in total. The molecule has 7 nitrogen and oxygen atoms in total. The summed E-state index contributed by atoms with van der Waals surface area (Å²) in [6.07, 6.45) is 0. The van der Waals surface area contributed by atoms with E-state index in [-0.39, 0.29) is 5.69 Å². The predicted molar refractivity (Wildman–Crippen MR) is 81.9 cm³/mol. The summed E-state index contributed by atoms with van der Waals surface area (Å²) in [5.41, 5.74) is 12.1. The number of nitrogens with zero attached hydrogens (tertiary/aromatic N) is 1. The van der Waals surface area contributed by atoms with E-state index in [4.69, 9.17) is 11.5 Å². The number of thiazole rings is 1. The van der Waals surface area contributed by atoms with Gasteiger partial charge in [0.05, 0.1) is 0 Å². The van der Waals surface area contributed by atoms with Crippen molar-refractivity contribution in [2.75, 3.05) is 0 Å². The highest BCUT2D eigenvalue weighted by Gasteiger charge is 2.25. The van der Waals surface area contributed by atoms with Crippen molar-refractivity contribution in [3.63, 3.8) is 0 Å². The summed E-state index contributed by atoms with van der Waals surface area (Å²) < 4.78 is 0. The van der Waals surface area contributed by atoms with E-state index >= 15 is 0 Å². The molecule has 0 bridgehead atoms. The number of nitrogens with one attached hydrogen (secondary N) is 1. The Bertz CT molecular complexity index is 710. The van der Waals surface area contributed by atoms with Crippen LogP contribution in [0, 0.1) is 6.92 Å². The lowest BCUT2D eigenvalue weighted by Crippen LogP contribution is -2.52. The summed E-state index contributed by atoms with van der Waals surface area (Å²) in [5.74, 6) is -2.72. The number of amides is 3. The van der Waals surface area contributed by atoms with E-state index in [1.165, 1.54) is 16.7 Å². The Morgan fingerprint density at radius 2 is 1.73 bits per heavy atom. The largest absolute Gasteiger partial charge is 0.367 e. The zero-order valence-corrected chi connectivity index (χ0v) is 12.5. The van der Waals surface area contributed by atoms with Crippen molar-refractivity contribution in [3.8, 4) is 10.6 Å². The van der Waals surface area contributed by atoms with Gasteiger partial charge in [-0.2, -0.15) is 0 Å². The van der Waals surface area contributed by atoms with Crippen LogP contribution in [0.15, 0.2) is 29.6 Å². The van der Waals surface area contributed by atoms with E-state index in [9.17, 15) is 14.4 Å². The van der Waals surface area contributed by atoms with Gasteiger partial charge < -0.3 is 16.8 Å². The summed E-state index contributed by atoms with van der Waals surface area (Å²) in [5, 5.41) is 4.35. The molecule has 1 aromatic carbocycles. The zero-order chi connectivity index (χ0) is 16.3. The highest BCUT2D eigenvalue weighted by atomic mass is 32.1. The molecule has 3 amide bonds. The average Bonchev–Trinajstić information content (AvgIpc) is 2.94. The highest BCUT2D eigenvalue weighted by molar-refractivity contribution is 7.13. The molecule has 0 saturated carbocycles. The van der Waals surface area contributed by atoms with Crippen LogP contribution in [-0.4, -0.2) is 28.7 Å². The van der Waals surface area contributed by atoms with Crippen LogP contribution in [0.5, 0.6) is 0 Å². The minimum atomic E-state index is -1.56. The summed E-state index contributed by atoms with van der Waals surface area (Å²) in [6, 6.07) is 6.10. The van der Waals surface area contributed by atoms with Crippen molar-refractivity contribution in [2.45, 2.75) is 13.0 Å². The van der Waals surface area contributed by atoms with Gasteiger partial charge in [-0.1, -0.05) is 29.8 Å². The predicted octanol–water partition coefficient (Wildman–Crippen LogP) is 0.188.